The van der Waals surface area contributed by atoms with Crippen molar-refractivity contribution in [3.8, 4) is 0 Å². The molecule has 162 valence electrons. The third-order valence-electron chi connectivity index (χ3n) is 6.44. The average molecular weight is 394 g/mol. The molecule has 0 radical (unpaired) electrons. The molecule has 1 saturated heterocycles. The van der Waals surface area contributed by atoms with Gasteiger partial charge in [-0.2, -0.15) is 0 Å². The van der Waals surface area contributed by atoms with Crippen molar-refractivity contribution < 1.29 is 9.53 Å². The number of amides is 1. The van der Waals surface area contributed by atoms with E-state index in [4.69, 9.17) is 15.9 Å². The van der Waals surface area contributed by atoms with E-state index in [-0.39, 0.29) is 17.8 Å². The molecular weight excluding hydrogens is 350 g/mol. The van der Waals surface area contributed by atoms with Gasteiger partial charge in [0.25, 0.3) is 0 Å². The minimum Gasteiger partial charge on any atom is -0.386 e. The van der Waals surface area contributed by atoms with Crippen LogP contribution < -0.4 is 5.73 Å². The molecule has 28 heavy (non-hydrogen) atoms. The van der Waals surface area contributed by atoms with E-state index in [1.165, 1.54) is 70.6 Å². The van der Waals surface area contributed by atoms with Gasteiger partial charge < -0.3 is 15.4 Å². The Kier molecular flexibility index (Phi) is 11.6. The molecule has 5 heteroatoms. The molecule has 2 rings (SSSR count). The zero-order valence-electron chi connectivity index (χ0n) is 17.9. The van der Waals surface area contributed by atoms with Crippen LogP contribution in [-0.4, -0.2) is 42.4 Å². The molecule has 2 fully saturated rings. The van der Waals surface area contributed by atoms with E-state index in [0.29, 0.717) is 6.42 Å². The third-order valence-corrected chi connectivity index (χ3v) is 6.44. The fourth-order valence-electron chi connectivity index (χ4n) is 4.68. The third kappa shape index (κ3) is 8.93. The second-order valence-electron chi connectivity index (χ2n) is 8.86. The Morgan fingerprint density at radius 1 is 0.893 bits per heavy atom. The first-order chi connectivity index (χ1) is 13.7. The maximum Gasteiger partial charge on any atom is 0.223 e. The predicted octanol–water partition coefficient (Wildman–Crippen LogP) is 5.02. The first kappa shape index (κ1) is 23.2. The summed E-state index contributed by atoms with van der Waals surface area (Å²) in [5.41, 5.74) is 5.60. The van der Waals surface area contributed by atoms with Crippen LogP contribution in [0.25, 0.3) is 0 Å². The second-order valence-corrected chi connectivity index (χ2v) is 8.86. The maximum absolute atomic E-state index is 12.3. The van der Waals surface area contributed by atoms with Crippen molar-refractivity contribution in [1.82, 2.24) is 4.90 Å². The monoisotopic (exact) mass is 393 g/mol. The number of carbonyl (C=O) groups is 1. The SMILES string of the molecule is N=C(N)[C@@H]1CCCN1C(=O)CCCCCCCCCCOCC1CCCCC1. The number of rotatable bonds is 14. The summed E-state index contributed by atoms with van der Waals surface area (Å²) in [6.45, 7) is 2.70. The molecule has 0 aromatic rings. The fourth-order valence-corrected chi connectivity index (χ4v) is 4.68. The molecule has 2 aliphatic rings. The highest BCUT2D eigenvalue weighted by atomic mass is 16.5. The highest BCUT2D eigenvalue weighted by molar-refractivity contribution is 5.88. The van der Waals surface area contributed by atoms with Gasteiger partial charge in [0.15, 0.2) is 0 Å². The van der Waals surface area contributed by atoms with E-state index >= 15 is 0 Å². The van der Waals surface area contributed by atoms with E-state index in [1.807, 2.05) is 4.90 Å². The maximum atomic E-state index is 12.3. The fraction of sp³-hybridized carbons (Fsp3) is 0.913. The minimum absolute atomic E-state index is 0.140. The van der Waals surface area contributed by atoms with Gasteiger partial charge in [0.1, 0.15) is 5.84 Å². The zero-order chi connectivity index (χ0) is 20.0. The quantitative estimate of drug-likeness (QED) is 0.247. The van der Waals surface area contributed by atoms with Gasteiger partial charge in [-0.15, -0.1) is 0 Å². The van der Waals surface area contributed by atoms with Crippen LogP contribution >= 0.6 is 0 Å². The van der Waals surface area contributed by atoms with Gasteiger partial charge in [0, 0.05) is 26.2 Å². The molecule has 0 aromatic heterocycles. The van der Waals surface area contributed by atoms with Crippen LogP contribution in [-0.2, 0) is 9.53 Å². The summed E-state index contributed by atoms with van der Waals surface area (Å²) in [5.74, 6) is 1.16. The number of ether oxygens (including phenoxy) is 1. The number of nitrogens with one attached hydrogen (secondary N) is 1. The Bertz CT molecular complexity index is 449. The lowest BCUT2D eigenvalue weighted by Crippen LogP contribution is -2.43. The van der Waals surface area contributed by atoms with E-state index in [1.54, 1.807) is 0 Å². The van der Waals surface area contributed by atoms with Crippen LogP contribution in [0.1, 0.15) is 103 Å². The average Bonchev–Trinajstić information content (AvgIpc) is 3.20. The predicted molar refractivity (Wildman–Crippen MR) is 116 cm³/mol. The molecule has 5 nitrogen and oxygen atoms in total. The molecule has 0 aromatic carbocycles. The second kappa shape index (κ2) is 14.0. The van der Waals surface area contributed by atoms with E-state index < -0.39 is 0 Å². The number of nitrogens with zero attached hydrogens (tertiary/aromatic N) is 1. The summed E-state index contributed by atoms with van der Waals surface area (Å²) >= 11 is 0. The van der Waals surface area contributed by atoms with Gasteiger partial charge in [0.2, 0.25) is 5.91 Å². The standard InChI is InChI=1S/C23H43N3O2/c24-23(25)21-15-12-17-26(21)22(27)16-10-5-3-1-2-4-6-11-18-28-19-20-13-8-7-9-14-20/h20-21H,1-19H2,(H3,24,25)/t21-/m0/s1. The van der Waals surface area contributed by atoms with E-state index in [0.717, 1.165) is 51.4 Å². The molecule has 1 saturated carbocycles. The highest BCUT2D eigenvalue weighted by Gasteiger charge is 2.30. The van der Waals surface area contributed by atoms with Gasteiger partial charge in [-0.1, -0.05) is 57.8 Å². The van der Waals surface area contributed by atoms with Crippen LogP contribution in [0.5, 0.6) is 0 Å². The topological polar surface area (TPSA) is 79.4 Å². The van der Waals surface area contributed by atoms with Gasteiger partial charge in [0.05, 0.1) is 6.04 Å². The molecule has 0 bridgehead atoms. The van der Waals surface area contributed by atoms with Crippen molar-refractivity contribution in [2.24, 2.45) is 11.7 Å². The van der Waals surface area contributed by atoms with Crippen molar-refractivity contribution in [3.05, 3.63) is 0 Å². The Morgan fingerprint density at radius 3 is 2.21 bits per heavy atom. The van der Waals surface area contributed by atoms with Gasteiger partial charge in [-0.05, 0) is 44.4 Å². The smallest absolute Gasteiger partial charge is 0.223 e. The number of hydrogen-bond acceptors (Lipinski definition) is 3. The Labute approximate surface area is 172 Å². The van der Waals surface area contributed by atoms with Crippen LogP contribution in [0.2, 0.25) is 0 Å². The summed E-state index contributed by atoms with van der Waals surface area (Å²) in [6, 6.07) is -0.140. The Hall–Kier alpha value is -1.10. The number of nitrogens with two attached hydrogens (primary N) is 1. The Balaban J connectivity index is 1.34. The van der Waals surface area contributed by atoms with Crippen molar-refractivity contribution in [3.63, 3.8) is 0 Å². The van der Waals surface area contributed by atoms with E-state index in [9.17, 15) is 4.79 Å². The summed E-state index contributed by atoms with van der Waals surface area (Å²) in [5, 5.41) is 7.60. The number of amidine groups is 1. The van der Waals surface area contributed by atoms with Crippen LogP contribution in [0, 0.1) is 11.3 Å². The summed E-state index contributed by atoms with van der Waals surface area (Å²) in [7, 11) is 0. The molecule has 1 heterocycles. The summed E-state index contributed by atoms with van der Waals surface area (Å²) in [6.07, 6.45) is 19.1. The molecule has 1 aliphatic carbocycles. The van der Waals surface area contributed by atoms with Crippen molar-refractivity contribution in [2.75, 3.05) is 19.8 Å². The van der Waals surface area contributed by atoms with Gasteiger partial charge in [-0.3, -0.25) is 10.2 Å². The minimum atomic E-state index is -0.140. The molecule has 0 unspecified atom stereocenters. The van der Waals surface area contributed by atoms with Crippen molar-refractivity contribution in [1.29, 1.82) is 5.41 Å². The number of likely N-dealkylation sites (tertiary alicyclic amines) is 1. The van der Waals surface area contributed by atoms with Crippen LogP contribution in [0.3, 0.4) is 0 Å². The number of carbonyl (C=O) groups excluding carboxylic acids is 1. The van der Waals surface area contributed by atoms with E-state index in [2.05, 4.69) is 0 Å². The lowest BCUT2D eigenvalue weighted by atomic mass is 9.90. The normalized spacial score (nSPS) is 20.6. The summed E-state index contributed by atoms with van der Waals surface area (Å²) in [4.78, 5) is 14.1. The van der Waals surface area contributed by atoms with Crippen molar-refractivity contribution in [2.45, 2.75) is 109 Å². The van der Waals surface area contributed by atoms with Gasteiger partial charge in [-0.25, -0.2) is 0 Å². The number of unbranched alkanes of at least 4 members (excludes halogenated alkanes) is 7. The summed E-state index contributed by atoms with van der Waals surface area (Å²) < 4.78 is 5.86. The molecule has 1 atom stereocenters. The lowest BCUT2D eigenvalue weighted by molar-refractivity contribution is -0.131. The largest absolute Gasteiger partial charge is 0.386 e. The van der Waals surface area contributed by atoms with Gasteiger partial charge >= 0.3 is 0 Å². The van der Waals surface area contributed by atoms with Crippen LogP contribution in [0.4, 0.5) is 0 Å². The molecule has 0 spiro atoms. The number of hydrogen-bond donors (Lipinski definition) is 2. The zero-order valence-corrected chi connectivity index (χ0v) is 17.9. The molecular formula is C23H43N3O2. The molecule has 1 aliphatic heterocycles. The molecule has 3 N–H and O–H groups in total. The van der Waals surface area contributed by atoms with Crippen molar-refractivity contribution >= 4 is 11.7 Å². The highest BCUT2D eigenvalue weighted by Crippen LogP contribution is 2.23. The van der Waals surface area contributed by atoms with Crippen LogP contribution in [0.15, 0.2) is 0 Å². The first-order valence-electron chi connectivity index (χ1n) is 11.9. The molecule has 1 amide bonds. The lowest BCUT2D eigenvalue weighted by Gasteiger charge is -2.23. The first-order valence-corrected chi connectivity index (χ1v) is 11.9. The Morgan fingerprint density at radius 2 is 1.54 bits per heavy atom.